The van der Waals surface area contributed by atoms with Gasteiger partial charge in [0.05, 0.1) is 5.69 Å². The van der Waals surface area contributed by atoms with E-state index in [0.717, 1.165) is 26.2 Å². The number of nitrogens with one attached hydrogen (secondary N) is 1. The Morgan fingerprint density at radius 1 is 1.26 bits per heavy atom. The van der Waals surface area contributed by atoms with Gasteiger partial charge in [0.15, 0.2) is 0 Å². The van der Waals surface area contributed by atoms with Gasteiger partial charge in [0.2, 0.25) is 0 Å². The minimum atomic E-state index is 0.621. The zero-order valence-electron chi connectivity index (χ0n) is 12.7. The molecular weight excluding hydrogens is 234 g/mol. The number of aromatic nitrogens is 1. The van der Waals surface area contributed by atoms with E-state index in [1.165, 1.54) is 25.0 Å². The zero-order valence-corrected chi connectivity index (χ0v) is 12.7. The maximum atomic E-state index is 4.42. The third kappa shape index (κ3) is 6.69. The van der Waals surface area contributed by atoms with E-state index in [9.17, 15) is 0 Å². The van der Waals surface area contributed by atoms with E-state index in [1.54, 1.807) is 0 Å². The maximum Gasteiger partial charge on any atom is 0.0544 e. The summed E-state index contributed by atoms with van der Waals surface area (Å²) in [6, 6.07) is 6.77. The van der Waals surface area contributed by atoms with Crippen molar-refractivity contribution in [2.24, 2.45) is 0 Å². The third-order valence-electron chi connectivity index (χ3n) is 3.52. The minimum Gasteiger partial charge on any atom is -0.317 e. The normalized spacial score (nSPS) is 12.8. The van der Waals surface area contributed by atoms with Gasteiger partial charge in [0, 0.05) is 18.8 Å². The molecule has 1 aromatic rings. The SMILES string of the molecule is CCCNCCCC(C)N(CC)Cc1ccccn1. The van der Waals surface area contributed by atoms with Crippen LogP contribution in [0.2, 0.25) is 0 Å². The lowest BCUT2D eigenvalue weighted by Gasteiger charge is -2.27. The van der Waals surface area contributed by atoms with E-state index in [4.69, 9.17) is 0 Å². The van der Waals surface area contributed by atoms with E-state index in [1.807, 2.05) is 12.3 Å². The van der Waals surface area contributed by atoms with Crippen LogP contribution in [0.3, 0.4) is 0 Å². The van der Waals surface area contributed by atoms with Crippen LogP contribution in [0.1, 0.15) is 45.7 Å². The lowest BCUT2D eigenvalue weighted by atomic mass is 10.1. The van der Waals surface area contributed by atoms with Crippen molar-refractivity contribution in [2.75, 3.05) is 19.6 Å². The van der Waals surface area contributed by atoms with Crippen LogP contribution in [-0.2, 0) is 6.54 Å². The second-order valence-corrected chi connectivity index (χ2v) is 5.13. The summed E-state index contributed by atoms with van der Waals surface area (Å²) in [6.45, 7) is 11.1. The van der Waals surface area contributed by atoms with Gasteiger partial charge in [-0.15, -0.1) is 0 Å². The summed E-state index contributed by atoms with van der Waals surface area (Å²) in [5.74, 6) is 0. The largest absolute Gasteiger partial charge is 0.317 e. The molecule has 0 aromatic carbocycles. The molecule has 1 N–H and O–H groups in total. The van der Waals surface area contributed by atoms with Crippen LogP contribution in [0.25, 0.3) is 0 Å². The van der Waals surface area contributed by atoms with Gasteiger partial charge in [0.1, 0.15) is 0 Å². The predicted octanol–water partition coefficient (Wildman–Crippen LogP) is 3.07. The Morgan fingerprint density at radius 2 is 2.11 bits per heavy atom. The molecule has 1 unspecified atom stereocenters. The molecule has 108 valence electrons. The molecule has 1 rings (SSSR count). The lowest BCUT2D eigenvalue weighted by Crippen LogP contribution is -2.33. The Kier molecular flexibility index (Phi) is 8.43. The number of hydrogen-bond acceptors (Lipinski definition) is 3. The van der Waals surface area contributed by atoms with E-state index in [0.29, 0.717) is 6.04 Å². The molecule has 3 heteroatoms. The van der Waals surface area contributed by atoms with Crippen LogP contribution < -0.4 is 5.32 Å². The van der Waals surface area contributed by atoms with Crippen LogP contribution >= 0.6 is 0 Å². The number of nitrogens with zero attached hydrogens (tertiary/aromatic N) is 2. The fourth-order valence-electron chi connectivity index (χ4n) is 2.29. The highest BCUT2D eigenvalue weighted by Crippen LogP contribution is 2.10. The number of hydrogen-bond donors (Lipinski definition) is 1. The smallest absolute Gasteiger partial charge is 0.0544 e. The van der Waals surface area contributed by atoms with Gasteiger partial charge in [-0.3, -0.25) is 9.88 Å². The third-order valence-corrected chi connectivity index (χ3v) is 3.52. The summed E-state index contributed by atoms with van der Waals surface area (Å²) in [5, 5.41) is 3.47. The maximum absolute atomic E-state index is 4.42. The van der Waals surface area contributed by atoms with Gasteiger partial charge in [-0.25, -0.2) is 0 Å². The summed E-state index contributed by atoms with van der Waals surface area (Å²) in [5.41, 5.74) is 1.17. The average Bonchev–Trinajstić information content (AvgIpc) is 2.45. The summed E-state index contributed by atoms with van der Waals surface area (Å²) in [4.78, 5) is 6.92. The van der Waals surface area contributed by atoms with Crippen LogP contribution in [0, 0.1) is 0 Å². The highest BCUT2D eigenvalue weighted by molar-refractivity contribution is 5.03. The first-order chi connectivity index (χ1) is 9.27. The van der Waals surface area contributed by atoms with Gasteiger partial charge in [-0.2, -0.15) is 0 Å². The molecular formula is C16H29N3. The van der Waals surface area contributed by atoms with E-state index >= 15 is 0 Å². The van der Waals surface area contributed by atoms with Crippen LogP contribution in [0.5, 0.6) is 0 Å². The standard InChI is InChI=1S/C16H29N3/c1-4-11-17-12-8-9-15(3)19(5-2)14-16-10-6-7-13-18-16/h6-7,10,13,15,17H,4-5,8-9,11-12,14H2,1-3H3. The summed E-state index contributed by atoms with van der Waals surface area (Å²) in [6.07, 6.45) is 5.59. The molecule has 0 amide bonds. The van der Waals surface area contributed by atoms with E-state index in [2.05, 4.69) is 48.1 Å². The fourth-order valence-corrected chi connectivity index (χ4v) is 2.29. The average molecular weight is 263 g/mol. The van der Waals surface area contributed by atoms with Crippen LogP contribution in [0.4, 0.5) is 0 Å². The minimum absolute atomic E-state index is 0.621. The molecule has 0 radical (unpaired) electrons. The van der Waals surface area contributed by atoms with Crippen molar-refractivity contribution in [3.8, 4) is 0 Å². The second-order valence-electron chi connectivity index (χ2n) is 5.13. The van der Waals surface area contributed by atoms with Crippen molar-refractivity contribution in [2.45, 2.75) is 52.6 Å². The first kappa shape index (κ1) is 16.1. The summed E-state index contributed by atoms with van der Waals surface area (Å²) < 4.78 is 0. The molecule has 0 fully saturated rings. The highest BCUT2D eigenvalue weighted by atomic mass is 15.1. The molecule has 1 aromatic heterocycles. The highest BCUT2D eigenvalue weighted by Gasteiger charge is 2.12. The van der Waals surface area contributed by atoms with Gasteiger partial charge in [-0.05, 0) is 58.0 Å². The quantitative estimate of drug-likeness (QED) is 0.658. The van der Waals surface area contributed by atoms with Crippen molar-refractivity contribution in [1.82, 2.24) is 15.2 Å². The van der Waals surface area contributed by atoms with Gasteiger partial charge in [-0.1, -0.05) is 19.9 Å². The number of rotatable bonds is 10. The van der Waals surface area contributed by atoms with Gasteiger partial charge in [0.25, 0.3) is 0 Å². The molecule has 3 nitrogen and oxygen atoms in total. The fraction of sp³-hybridized carbons (Fsp3) is 0.688. The molecule has 0 saturated heterocycles. The number of pyridine rings is 1. The van der Waals surface area contributed by atoms with Crippen molar-refractivity contribution in [1.29, 1.82) is 0 Å². The molecule has 1 heterocycles. The molecule has 0 bridgehead atoms. The van der Waals surface area contributed by atoms with E-state index in [-0.39, 0.29) is 0 Å². The molecule has 0 aliphatic heterocycles. The van der Waals surface area contributed by atoms with Crippen LogP contribution in [0.15, 0.2) is 24.4 Å². The first-order valence-electron chi connectivity index (χ1n) is 7.62. The summed E-state index contributed by atoms with van der Waals surface area (Å²) in [7, 11) is 0. The Balaban J connectivity index is 2.29. The van der Waals surface area contributed by atoms with Gasteiger partial charge < -0.3 is 5.32 Å². The Morgan fingerprint density at radius 3 is 2.74 bits per heavy atom. The van der Waals surface area contributed by atoms with Crippen molar-refractivity contribution < 1.29 is 0 Å². The Labute approximate surface area is 118 Å². The summed E-state index contributed by atoms with van der Waals surface area (Å²) >= 11 is 0. The van der Waals surface area contributed by atoms with Gasteiger partial charge >= 0.3 is 0 Å². The molecule has 0 aliphatic rings. The molecule has 0 spiro atoms. The molecule has 0 saturated carbocycles. The molecule has 19 heavy (non-hydrogen) atoms. The first-order valence-corrected chi connectivity index (χ1v) is 7.62. The van der Waals surface area contributed by atoms with Crippen molar-refractivity contribution in [3.05, 3.63) is 30.1 Å². The zero-order chi connectivity index (χ0) is 13.9. The topological polar surface area (TPSA) is 28.2 Å². The monoisotopic (exact) mass is 263 g/mol. The molecule has 1 atom stereocenters. The van der Waals surface area contributed by atoms with E-state index < -0.39 is 0 Å². The van der Waals surface area contributed by atoms with Crippen molar-refractivity contribution >= 4 is 0 Å². The molecule has 0 aliphatic carbocycles. The predicted molar refractivity (Wildman–Crippen MR) is 82.2 cm³/mol. The van der Waals surface area contributed by atoms with Crippen LogP contribution in [-0.4, -0.2) is 35.6 Å². The van der Waals surface area contributed by atoms with Crippen molar-refractivity contribution in [3.63, 3.8) is 0 Å². The second kappa shape index (κ2) is 9.93. The Bertz CT molecular complexity index is 313. The Hall–Kier alpha value is -0.930. The lowest BCUT2D eigenvalue weighted by molar-refractivity contribution is 0.196.